The number of hydrogen-bond acceptors (Lipinski definition) is 2. The van der Waals surface area contributed by atoms with Crippen LogP contribution in [-0.4, -0.2) is 17.6 Å². The molecule has 0 saturated carbocycles. The lowest BCUT2D eigenvalue weighted by Gasteiger charge is -2.44. The van der Waals surface area contributed by atoms with Gasteiger partial charge in [0.1, 0.15) is 11.5 Å². The Balaban J connectivity index is 1.28. The summed E-state index contributed by atoms with van der Waals surface area (Å²) in [6.45, 7) is 0. The van der Waals surface area contributed by atoms with Gasteiger partial charge in [0.2, 0.25) is 0 Å². The standard InChI is InChI=1S/C54H38N2OSi/c1-5-19-39(20-6-1)54(40-34-35-50-46(37-40)45-28-13-15-31-49(45)56(50)41-21-18-36-55-38-41)47-29-14-16-32-51(47)57-53-48(54)30-17-33-52(53)58(42-22-7-2-8-23-42,43-24-9-3-10-25-43)44-26-11-4-12-27-44/h1-38H. The van der Waals surface area contributed by atoms with Gasteiger partial charge >= 0.3 is 0 Å². The van der Waals surface area contributed by atoms with Crippen LogP contribution in [0.5, 0.6) is 11.5 Å². The number of nitrogens with zero attached hydrogens (tertiary/aromatic N) is 2. The van der Waals surface area contributed by atoms with Gasteiger partial charge in [-0.3, -0.25) is 4.98 Å². The Hall–Kier alpha value is -7.27. The van der Waals surface area contributed by atoms with Gasteiger partial charge in [-0.1, -0.05) is 182 Å². The highest BCUT2D eigenvalue weighted by atomic mass is 28.3. The van der Waals surface area contributed by atoms with E-state index in [2.05, 4.69) is 222 Å². The van der Waals surface area contributed by atoms with Gasteiger partial charge in [-0.2, -0.15) is 0 Å². The summed E-state index contributed by atoms with van der Waals surface area (Å²) in [6.07, 6.45) is 3.78. The molecule has 1 unspecified atom stereocenters. The molecule has 274 valence electrons. The second-order valence-electron chi connectivity index (χ2n) is 15.0. The molecule has 0 radical (unpaired) electrons. The molecule has 11 rings (SSSR count). The van der Waals surface area contributed by atoms with E-state index in [1.807, 2.05) is 18.5 Å². The summed E-state index contributed by atoms with van der Waals surface area (Å²) in [6, 6.07) is 79.9. The van der Waals surface area contributed by atoms with Crippen molar-refractivity contribution in [3.63, 3.8) is 0 Å². The van der Waals surface area contributed by atoms with Crippen LogP contribution < -0.4 is 25.5 Å². The van der Waals surface area contributed by atoms with Gasteiger partial charge in [-0.25, -0.2) is 0 Å². The topological polar surface area (TPSA) is 27.1 Å². The first-order chi connectivity index (χ1) is 28.8. The maximum Gasteiger partial charge on any atom is 0.183 e. The van der Waals surface area contributed by atoms with E-state index < -0.39 is 13.5 Å². The molecule has 0 spiro atoms. The Morgan fingerprint density at radius 2 is 1.03 bits per heavy atom. The summed E-state index contributed by atoms with van der Waals surface area (Å²) in [5.41, 5.74) is 7.21. The van der Waals surface area contributed by atoms with Gasteiger partial charge in [-0.15, -0.1) is 0 Å². The number of rotatable bonds is 7. The van der Waals surface area contributed by atoms with Gasteiger partial charge < -0.3 is 9.30 Å². The molecular weight excluding hydrogens is 721 g/mol. The van der Waals surface area contributed by atoms with E-state index in [0.717, 1.165) is 39.3 Å². The number of fused-ring (bicyclic) bond motifs is 5. The Morgan fingerprint density at radius 1 is 0.448 bits per heavy atom. The molecule has 0 bridgehead atoms. The number of hydrogen-bond donors (Lipinski definition) is 0. The molecule has 0 amide bonds. The number of benzene rings is 8. The van der Waals surface area contributed by atoms with E-state index in [9.17, 15) is 0 Å². The van der Waals surface area contributed by atoms with Crippen LogP contribution >= 0.6 is 0 Å². The molecule has 0 aliphatic carbocycles. The quantitative estimate of drug-likeness (QED) is 0.120. The lowest BCUT2D eigenvalue weighted by molar-refractivity contribution is 0.438. The monoisotopic (exact) mass is 758 g/mol. The van der Waals surface area contributed by atoms with Gasteiger partial charge in [-0.05, 0) is 68.3 Å². The van der Waals surface area contributed by atoms with Crippen molar-refractivity contribution in [3.8, 4) is 17.2 Å². The molecule has 1 aliphatic heterocycles. The maximum absolute atomic E-state index is 7.42. The first-order valence-corrected chi connectivity index (χ1v) is 21.9. The first-order valence-electron chi connectivity index (χ1n) is 19.9. The van der Waals surface area contributed by atoms with Crippen LogP contribution in [0.25, 0.3) is 27.5 Å². The molecule has 0 N–H and O–H groups in total. The third-order valence-corrected chi connectivity index (χ3v) is 17.0. The highest BCUT2D eigenvalue weighted by Crippen LogP contribution is 2.55. The van der Waals surface area contributed by atoms with Crippen molar-refractivity contribution in [2.75, 3.05) is 0 Å². The molecule has 0 fully saturated rings. The van der Waals surface area contributed by atoms with E-state index in [1.165, 1.54) is 42.6 Å². The van der Waals surface area contributed by atoms with Gasteiger partial charge in [0.25, 0.3) is 0 Å². The molecule has 1 atom stereocenters. The second kappa shape index (κ2) is 13.7. The fourth-order valence-corrected chi connectivity index (χ4v) is 14.7. The second-order valence-corrected chi connectivity index (χ2v) is 18.8. The van der Waals surface area contributed by atoms with Crippen molar-refractivity contribution in [3.05, 3.63) is 253 Å². The van der Waals surface area contributed by atoms with Crippen LogP contribution in [0.4, 0.5) is 0 Å². The van der Waals surface area contributed by atoms with Crippen molar-refractivity contribution in [1.82, 2.24) is 9.55 Å². The minimum absolute atomic E-state index is 0.725. The third-order valence-electron chi connectivity index (χ3n) is 12.2. The van der Waals surface area contributed by atoms with Crippen molar-refractivity contribution < 1.29 is 4.74 Å². The van der Waals surface area contributed by atoms with E-state index in [1.54, 1.807) is 0 Å². The average molecular weight is 759 g/mol. The minimum atomic E-state index is -3.01. The molecule has 8 aromatic carbocycles. The van der Waals surface area contributed by atoms with Crippen molar-refractivity contribution in [2.45, 2.75) is 5.41 Å². The number of pyridine rings is 1. The molecule has 58 heavy (non-hydrogen) atoms. The smallest absolute Gasteiger partial charge is 0.183 e. The summed E-state index contributed by atoms with van der Waals surface area (Å²) in [5.74, 6) is 1.78. The molecule has 0 saturated heterocycles. The van der Waals surface area contributed by atoms with Crippen molar-refractivity contribution >= 4 is 50.6 Å². The predicted octanol–water partition coefficient (Wildman–Crippen LogP) is 10.0. The summed E-state index contributed by atoms with van der Waals surface area (Å²) in [7, 11) is -3.01. The SMILES string of the molecule is c1ccc(C2(c3ccc4c(c3)c3ccccc3n4-c3cccnc3)c3ccccc3Oc3c2cccc3[Si](c2ccccc2)(c2ccccc2)c2ccccc2)cc1. The van der Waals surface area contributed by atoms with E-state index in [0.29, 0.717) is 0 Å². The number of aromatic nitrogens is 2. The van der Waals surface area contributed by atoms with Crippen LogP contribution in [0.2, 0.25) is 0 Å². The first kappa shape index (κ1) is 34.0. The van der Waals surface area contributed by atoms with Crippen LogP contribution in [0.3, 0.4) is 0 Å². The molecular formula is C54H38N2OSi. The molecule has 4 heteroatoms. The van der Waals surface area contributed by atoms with Crippen molar-refractivity contribution in [1.29, 1.82) is 0 Å². The summed E-state index contributed by atoms with van der Waals surface area (Å²) >= 11 is 0. The van der Waals surface area contributed by atoms with Gasteiger partial charge in [0.15, 0.2) is 8.07 Å². The summed E-state index contributed by atoms with van der Waals surface area (Å²) < 4.78 is 9.75. The zero-order valence-electron chi connectivity index (χ0n) is 31.7. The van der Waals surface area contributed by atoms with Gasteiger partial charge in [0, 0.05) is 28.1 Å². The highest BCUT2D eigenvalue weighted by Gasteiger charge is 2.50. The fraction of sp³-hybridized carbons (Fsp3) is 0.0185. The highest BCUT2D eigenvalue weighted by molar-refractivity contribution is 7.20. The van der Waals surface area contributed by atoms with Crippen LogP contribution in [0.15, 0.2) is 231 Å². The van der Waals surface area contributed by atoms with E-state index in [-0.39, 0.29) is 0 Å². The van der Waals surface area contributed by atoms with Crippen LogP contribution in [0.1, 0.15) is 22.3 Å². The summed E-state index contributed by atoms with van der Waals surface area (Å²) in [5, 5.41) is 7.52. The Kier molecular flexibility index (Phi) is 8.05. The summed E-state index contributed by atoms with van der Waals surface area (Å²) in [4.78, 5) is 4.51. The predicted molar refractivity (Wildman–Crippen MR) is 241 cm³/mol. The molecule has 10 aromatic rings. The zero-order valence-corrected chi connectivity index (χ0v) is 32.7. The van der Waals surface area contributed by atoms with E-state index >= 15 is 0 Å². The average Bonchev–Trinajstić information content (AvgIpc) is 3.64. The Bertz CT molecular complexity index is 2980. The largest absolute Gasteiger partial charge is 0.457 e. The maximum atomic E-state index is 7.42. The minimum Gasteiger partial charge on any atom is -0.457 e. The zero-order chi connectivity index (χ0) is 38.5. The Labute approximate surface area is 339 Å². The van der Waals surface area contributed by atoms with Crippen LogP contribution in [0, 0.1) is 0 Å². The lowest BCUT2D eigenvalue weighted by atomic mass is 9.63. The Morgan fingerprint density at radius 3 is 1.71 bits per heavy atom. The van der Waals surface area contributed by atoms with Crippen LogP contribution in [-0.2, 0) is 5.41 Å². The lowest BCUT2D eigenvalue weighted by Crippen LogP contribution is -2.75. The van der Waals surface area contributed by atoms with Gasteiger partial charge in [0.05, 0.1) is 28.3 Å². The molecule has 1 aliphatic rings. The third kappa shape index (κ3) is 4.95. The molecule has 3 nitrogen and oxygen atoms in total. The fourth-order valence-electron chi connectivity index (χ4n) is 9.84. The molecule has 2 aromatic heterocycles. The van der Waals surface area contributed by atoms with Crippen molar-refractivity contribution in [2.24, 2.45) is 0 Å². The number of ether oxygens (including phenoxy) is 1. The van der Waals surface area contributed by atoms with E-state index in [4.69, 9.17) is 4.74 Å². The normalized spacial score (nSPS) is 14.8. The molecule has 3 heterocycles. The number of para-hydroxylation sites is 3.